The van der Waals surface area contributed by atoms with Crippen LogP contribution < -0.4 is 16.1 Å². The molecule has 1 aliphatic rings. The summed E-state index contributed by atoms with van der Waals surface area (Å²) in [6.07, 6.45) is -1.06. The van der Waals surface area contributed by atoms with E-state index in [2.05, 4.69) is 9.97 Å². The maximum absolute atomic E-state index is 12.6. The molecule has 3 heterocycles. The highest BCUT2D eigenvalue weighted by Gasteiger charge is 2.25. The van der Waals surface area contributed by atoms with Crippen molar-refractivity contribution >= 4 is 22.8 Å². The summed E-state index contributed by atoms with van der Waals surface area (Å²) in [6, 6.07) is 5.56. The van der Waals surface area contributed by atoms with Gasteiger partial charge in [0.05, 0.1) is 30.8 Å². The summed E-state index contributed by atoms with van der Waals surface area (Å²) in [6.45, 7) is 2.04. The van der Waals surface area contributed by atoms with E-state index in [0.717, 1.165) is 0 Å². The summed E-state index contributed by atoms with van der Waals surface area (Å²) in [5.41, 5.74) is -0.436. The van der Waals surface area contributed by atoms with Crippen LogP contribution in [-0.4, -0.2) is 55.4 Å². The molecule has 0 radical (unpaired) electrons. The molecule has 1 aromatic carbocycles. The van der Waals surface area contributed by atoms with Gasteiger partial charge in [-0.3, -0.25) is 24.5 Å². The SMILES string of the molecule is Cn1c(=O)[nH]c(=O)c2c1nc(N1CCOCC1)n2C[C@H](O)c1ccc([N+](=O)[O-])cc1. The van der Waals surface area contributed by atoms with Crippen LogP contribution in [0.15, 0.2) is 33.9 Å². The van der Waals surface area contributed by atoms with E-state index in [1.54, 1.807) is 4.57 Å². The highest BCUT2D eigenvalue weighted by molar-refractivity contribution is 5.74. The number of H-pyrrole nitrogens is 1. The molecule has 2 aromatic heterocycles. The minimum Gasteiger partial charge on any atom is -0.387 e. The van der Waals surface area contributed by atoms with Crippen molar-refractivity contribution in [1.29, 1.82) is 0 Å². The number of hydrogen-bond acceptors (Lipinski definition) is 8. The summed E-state index contributed by atoms with van der Waals surface area (Å²) in [5.74, 6) is 0.445. The number of fused-ring (bicyclic) bond motifs is 1. The van der Waals surface area contributed by atoms with Gasteiger partial charge in [-0.15, -0.1) is 0 Å². The van der Waals surface area contributed by atoms with Crippen LogP contribution in [0.2, 0.25) is 0 Å². The van der Waals surface area contributed by atoms with Gasteiger partial charge in [-0.2, -0.15) is 4.98 Å². The zero-order valence-corrected chi connectivity index (χ0v) is 16.1. The van der Waals surface area contributed by atoms with Crippen molar-refractivity contribution in [2.45, 2.75) is 12.6 Å². The summed E-state index contributed by atoms with van der Waals surface area (Å²) in [7, 11) is 1.51. The molecule has 0 saturated carbocycles. The molecule has 0 aliphatic carbocycles. The first kappa shape index (κ1) is 19.8. The zero-order valence-electron chi connectivity index (χ0n) is 16.1. The first-order valence-corrected chi connectivity index (χ1v) is 9.31. The van der Waals surface area contributed by atoms with E-state index in [9.17, 15) is 24.8 Å². The van der Waals surface area contributed by atoms with Gasteiger partial charge in [0, 0.05) is 32.3 Å². The number of imidazole rings is 1. The Morgan fingerprint density at radius 2 is 1.93 bits per heavy atom. The largest absolute Gasteiger partial charge is 0.387 e. The Morgan fingerprint density at radius 1 is 1.27 bits per heavy atom. The number of nitrogens with one attached hydrogen (secondary N) is 1. The number of hydrogen-bond donors (Lipinski definition) is 2. The van der Waals surface area contributed by atoms with Crippen LogP contribution in [0, 0.1) is 10.1 Å². The first-order chi connectivity index (χ1) is 14.4. The van der Waals surface area contributed by atoms with Gasteiger partial charge in [0.25, 0.3) is 11.2 Å². The first-order valence-electron chi connectivity index (χ1n) is 9.31. The molecule has 3 aromatic rings. The smallest absolute Gasteiger partial charge is 0.329 e. The molecule has 0 bridgehead atoms. The van der Waals surface area contributed by atoms with Crippen LogP contribution in [0.3, 0.4) is 0 Å². The molecule has 158 valence electrons. The number of aliphatic hydroxyl groups excluding tert-OH is 1. The normalized spacial score (nSPS) is 15.5. The Balaban J connectivity index is 1.79. The lowest BCUT2D eigenvalue weighted by Gasteiger charge is -2.28. The monoisotopic (exact) mass is 416 g/mol. The van der Waals surface area contributed by atoms with E-state index in [1.807, 2.05) is 4.90 Å². The molecular formula is C18H20N6O6. The zero-order chi connectivity index (χ0) is 21.4. The van der Waals surface area contributed by atoms with Gasteiger partial charge >= 0.3 is 5.69 Å². The maximum atomic E-state index is 12.6. The van der Waals surface area contributed by atoms with Gasteiger partial charge < -0.3 is 19.3 Å². The van der Waals surface area contributed by atoms with E-state index < -0.39 is 22.3 Å². The lowest BCUT2D eigenvalue weighted by molar-refractivity contribution is -0.384. The Kier molecular flexibility index (Phi) is 5.10. The van der Waals surface area contributed by atoms with Crippen molar-refractivity contribution in [1.82, 2.24) is 19.1 Å². The molecule has 0 unspecified atom stereocenters. The highest BCUT2D eigenvalue weighted by Crippen LogP contribution is 2.25. The number of aromatic nitrogens is 4. The lowest BCUT2D eigenvalue weighted by Crippen LogP contribution is -2.38. The van der Waals surface area contributed by atoms with E-state index in [4.69, 9.17) is 4.74 Å². The fraction of sp³-hybridized carbons (Fsp3) is 0.389. The van der Waals surface area contributed by atoms with E-state index in [0.29, 0.717) is 37.8 Å². The molecule has 0 amide bonds. The number of aromatic amines is 1. The third kappa shape index (κ3) is 3.46. The summed E-state index contributed by atoms with van der Waals surface area (Å²) in [4.78, 5) is 43.6. The fourth-order valence-corrected chi connectivity index (χ4v) is 3.50. The number of non-ortho nitro benzene ring substituents is 1. The maximum Gasteiger partial charge on any atom is 0.329 e. The van der Waals surface area contributed by atoms with Crippen molar-refractivity contribution < 1.29 is 14.8 Å². The van der Waals surface area contributed by atoms with Crippen LogP contribution in [0.5, 0.6) is 0 Å². The second-order valence-electron chi connectivity index (χ2n) is 6.98. The molecule has 1 atom stereocenters. The van der Waals surface area contributed by atoms with E-state index >= 15 is 0 Å². The number of anilines is 1. The predicted molar refractivity (Wildman–Crippen MR) is 107 cm³/mol. The summed E-state index contributed by atoms with van der Waals surface area (Å²) >= 11 is 0. The second kappa shape index (κ2) is 7.72. The third-order valence-electron chi connectivity index (χ3n) is 5.13. The molecule has 12 heteroatoms. The standard InChI is InChI=1S/C18H20N6O6/c1-21-15-14(16(26)20-18(21)27)23(17(19-15)22-6-8-30-9-7-22)10-13(25)11-2-4-12(5-3-11)24(28)29/h2-5,13,25H,6-10H2,1H3,(H,20,26,27)/t13-/m0/s1. The lowest BCUT2D eigenvalue weighted by atomic mass is 10.1. The number of nitrogens with zero attached hydrogens (tertiary/aromatic N) is 5. The number of nitro groups is 1. The molecule has 1 saturated heterocycles. The van der Waals surface area contributed by atoms with Gasteiger partial charge in [-0.1, -0.05) is 0 Å². The molecule has 2 N–H and O–H groups in total. The molecule has 12 nitrogen and oxygen atoms in total. The van der Waals surface area contributed by atoms with Crippen LogP contribution in [0.1, 0.15) is 11.7 Å². The molecule has 1 fully saturated rings. The van der Waals surface area contributed by atoms with Crippen LogP contribution in [0.25, 0.3) is 11.2 Å². The number of rotatable bonds is 5. The van der Waals surface area contributed by atoms with Gasteiger partial charge in [-0.25, -0.2) is 4.79 Å². The van der Waals surface area contributed by atoms with E-state index in [-0.39, 0.29) is 23.4 Å². The van der Waals surface area contributed by atoms with Crippen molar-refractivity contribution in [3.63, 3.8) is 0 Å². The van der Waals surface area contributed by atoms with Crippen LogP contribution in [0.4, 0.5) is 11.6 Å². The van der Waals surface area contributed by atoms with Gasteiger partial charge in [0.1, 0.15) is 0 Å². The Labute approximate surface area is 169 Å². The quantitative estimate of drug-likeness (QED) is 0.433. The average Bonchev–Trinajstić information content (AvgIpc) is 3.12. The number of nitro benzene ring substituents is 1. The number of morpholine rings is 1. The van der Waals surface area contributed by atoms with Gasteiger partial charge in [0.15, 0.2) is 11.2 Å². The predicted octanol–water partition coefficient (Wildman–Crippen LogP) is -0.0983. The highest BCUT2D eigenvalue weighted by atomic mass is 16.6. The van der Waals surface area contributed by atoms with Gasteiger partial charge in [0.2, 0.25) is 5.95 Å². The Hall–Kier alpha value is -3.51. The number of aliphatic hydroxyl groups is 1. The Morgan fingerprint density at radius 3 is 2.57 bits per heavy atom. The van der Waals surface area contributed by atoms with Crippen LogP contribution in [-0.2, 0) is 18.3 Å². The van der Waals surface area contributed by atoms with Crippen molar-refractivity contribution in [2.75, 3.05) is 31.2 Å². The molecule has 4 rings (SSSR count). The average molecular weight is 416 g/mol. The molecule has 1 aliphatic heterocycles. The number of ether oxygens (including phenoxy) is 1. The van der Waals surface area contributed by atoms with Crippen molar-refractivity contribution in [2.24, 2.45) is 7.05 Å². The minimum absolute atomic E-state index is 0.0255. The fourth-order valence-electron chi connectivity index (χ4n) is 3.50. The van der Waals surface area contributed by atoms with E-state index in [1.165, 1.54) is 35.9 Å². The van der Waals surface area contributed by atoms with Gasteiger partial charge in [-0.05, 0) is 17.7 Å². The molecule has 30 heavy (non-hydrogen) atoms. The Bertz CT molecular complexity index is 1200. The topological polar surface area (TPSA) is 149 Å². The number of aryl methyl sites for hydroxylation is 1. The third-order valence-corrected chi connectivity index (χ3v) is 5.13. The molecule has 0 spiro atoms. The molecular weight excluding hydrogens is 396 g/mol. The minimum atomic E-state index is -1.06. The van der Waals surface area contributed by atoms with Crippen molar-refractivity contribution in [3.8, 4) is 0 Å². The summed E-state index contributed by atoms with van der Waals surface area (Å²) in [5, 5.41) is 21.6. The second-order valence-corrected chi connectivity index (χ2v) is 6.98. The van der Waals surface area contributed by atoms with Crippen LogP contribution >= 0.6 is 0 Å². The summed E-state index contributed by atoms with van der Waals surface area (Å²) < 4.78 is 8.20. The number of benzene rings is 1. The van der Waals surface area contributed by atoms with Crippen molar-refractivity contribution in [3.05, 3.63) is 60.8 Å².